The Morgan fingerprint density at radius 1 is 1.05 bits per heavy atom. The van der Waals surface area contributed by atoms with Gasteiger partial charge in [0.05, 0.1) is 0 Å². The molecule has 6 nitrogen and oxygen atoms in total. The van der Waals surface area contributed by atoms with Crippen LogP contribution in [0.3, 0.4) is 0 Å². The molecule has 0 aliphatic rings. The Morgan fingerprint density at radius 2 is 1.95 bits per heavy atom. The normalized spacial score (nSPS) is 10.3. The molecule has 0 bridgehead atoms. The summed E-state index contributed by atoms with van der Waals surface area (Å²) in [5.41, 5.74) is 6.92. The molecule has 0 saturated heterocycles. The Hall–Kier alpha value is -2.89. The number of hydrogen-bond donors (Lipinski definition) is 1. The van der Waals surface area contributed by atoms with Crippen LogP contribution >= 0.6 is 0 Å². The SMILES string of the molecule is Nc1cccc(Oc2ccnc(-c3ncon3)c2)c1. The molecule has 2 N–H and O–H groups in total. The summed E-state index contributed by atoms with van der Waals surface area (Å²) in [5, 5.41) is 3.72. The van der Waals surface area contributed by atoms with Gasteiger partial charge in [0.25, 0.3) is 0 Å². The Bertz CT molecular complexity index is 683. The topological polar surface area (TPSA) is 87.1 Å². The first-order valence-electron chi connectivity index (χ1n) is 5.57. The van der Waals surface area contributed by atoms with Gasteiger partial charge in [-0.1, -0.05) is 11.2 Å². The molecule has 0 radical (unpaired) electrons. The van der Waals surface area contributed by atoms with E-state index in [1.807, 2.05) is 12.1 Å². The van der Waals surface area contributed by atoms with E-state index < -0.39 is 0 Å². The van der Waals surface area contributed by atoms with E-state index in [0.717, 1.165) is 0 Å². The fourth-order valence-electron chi connectivity index (χ4n) is 1.59. The molecule has 3 rings (SSSR count). The average Bonchev–Trinajstić information content (AvgIpc) is 2.93. The first-order valence-corrected chi connectivity index (χ1v) is 5.57. The van der Waals surface area contributed by atoms with Crippen LogP contribution in [0, 0.1) is 0 Å². The van der Waals surface area contributed by atoms with E-state index in [1.165, 1.54) is 6.39 Å². The molecule has 0 fully saturated rings. The van der Waals surface area contributed by atoms with E-state index >= 15 is 0 Å². The molecule has 2 heterocycles. The smallest absolute Gasteiger partial charge is 0.220 e. The lowest BCUT2D eigenvalue weighted by atomic mass is 10.3. The molecule has 2 aromatic heterocycles. The van der Waals surface area contributed by atoms with Crippen molar-refractivity contribution in [3.8, 4) is 23.0 Å². The van der Waals surface area contributed by atoms with Crippen molar-refractivity contribution in [2.24, 2.45) is 0 Å². The minimum absolute atomic E-state index is 0.415. The van der Waals surface area contributed by atoms with Gasteiger partial charge >= 0.3 is 0 Å². The summed E-state index contributed by atoms with van der Waals surface area (Å²) in [6.07, 6.45) is 2.87. The van der Waals surface area contributed by atoms with Crippen LogP contribution in [0.5, 0.6) is 11.5 Å². The van der Waals surface area contributed by atoms with Crippen molar-refractivity contribution in [3.05, 3.63) is 49.0 Å². The van der Waals surface area contributed by atoms with Crippen LogP contribution in [-0.4, -0.2) is 15.1 Å². The van der Waals surface area contributed by atoms with Crippen LogP contribution in [0.15, 0.2) is 53.5 Å². The second-order valence-electron chi connectivity index (χ2n) is 3.81. The van der Waals surface area contributed by atoms with Crippen molar-refractivity contribution >= 4 is 5.69 Å². The van der Waals surface area contributed by atoms with Crippen molar-refractivity contribution in [1.29, 1.82) is 0 Å². The Kier molecular flexibility index (Phi) is 2.82. The van der Waals surface area contributed by atoms with Crippen LogP contribution < -0.4 is 10.5 Å². The molecule has 0 aliphatic carbocycles. The third-order valence-corrected chi connectivity index (χ3v) is 2.42. The van der Waals surface area contributed by atoms with Crippen molar-refractivity contribution < 1.29 is 9.26 Å². The van der Waals surface area contributed by atoms with Gasteiger partial charge in [0, 0.05) is 24.0 Å². The van der Waals surface area contributed by atoms with E-state index in [9.17, 15) is 0 Å². The number of anilines is 1. The third-order valence-electron chi connectivity index (χ3n) is 2.42. The molecule has 6 heteroatoms. The number of nitrogens with zero attached hydrogens (tertiary/aromatic N) is 3. The monoisotopic (exact) mass is 254 g/mol. The highest BCUT2D eigenvalue weighted by molar-refractivity contribution is 5.51. The lowest BCUT2D eigenvalue weighted by Gasteiger charge is -2.06. The van der Waals surface area contributed by atoms with Gasteiger partial charge in [-0.05, 0) is 18.2 Å². The van der Waals surface area contributed by atoms with Crippen LogP contribution in [0.25, 0.3) is 11.5 Å². The zero-order valence-electron chi connectivity index (χ0n) is 9.85. The Labute approximate surface area is 108 Å². The average molecular weight is 254 g/mol. The zero-order valence-corrected chi connectivity index (χ0v) is 9.85. The van der Waals surface area contributed by atoms with Gasteiger partial charge < -0.3 is 15.0 Å². The summed E-state index contributed by atoms with van der Waals surface area (Å²) in [5.74, 6) is 1.70. The summed E-state index contributed by atoms with van der Waals surface area (Å²) in [6.45, 7) is 0. The summed E-state index contributed by atoms with van der Waals surface area (Å²) >= 11 is 0. The van der Waals surface area contributed by atoms with Crippen molar-refractivity contribution in [2.75, 3.05) is 5.73 Å². The predicted octanol–water partition coefficient (Wildman–Crippen LogP) is 2.51. The van der Waals surface area contributed by atoms with E-state index in [-0.39, 0.29) is 0 Å². The predicted molar refractivity (Wildman–Crippen MR) is 68.5 cm³/mol. The number of nitrogens with two attached hydrogens (primary N) is 1. The van der Waals surface area contributed by atoms with Gasteiger partial charge in [-0.25, -0.2) is 0 Å². The van der Waals surface area contributed by atoms with Gasteiger partial charge in [0.2, 0.25) is 12.2 Å². The van der Waals surface area contributed by atoms with Crippen LogP contribution in [0.4, 0.5) is 5.69 Å². The quantitative estimate of drug-likeness (QED) is 0.722. The van der Waals surface area contributed by atoms with Gasteiger partial charge in [-0.15, -0.1) is 0 Å². The maximum absolute atomic E-state index is 5.69. The zero-order chi connectivity index (χ0) is 13.1. The first kappa shape index (κ1) is 11.2. The molecule has 94 valence electrons. The molecule has 0 saturated carbocycles. The number of hydrogen-bond acceptors (Lipinski definition) is 6. The molecule has 0 amide bonds. The van der Waals surface area contributed by atoms with Crippen LogP contribution in [0.2, 0.25) is 0 Å². The highest BCUT2D eigenvalue weighted by atomic mass is 16.5. The number of aromatic nitrogens is 3. The summed E-state index contributed by atoms with van der Waals surface area (Å²) < 4.78 is 10.4. The van der Waals surface area contributed by atoms with E-state index in [1.54, 1.807) is 30.5 Å². The first-order chi connectivity index (χ1) is 9.31. The minimum atomic E-state index is 0.415. The minimum Gasteiger partial charge on any atom is -0.457 e. The standard InChI is InChI=1S/C13H10N4O2/c14-9-2-1-3-10(6-9)19-11-4-5-15-12(7-11)13-16-8-18-17-13/h1-8H,14H2. The highest BCUT2D eigenvalue weighted by Crippen LogP contribution is 2.25. The van der Waals surface area contributed by atoms with Gasteiger partial charge in [0.15, 0.2) is 0 Å². The fourth-order valence-corrected chi connectivity index (χ4v) is 1.59. The second kappa shape index (κ2) is 4.77. The third kappa shape index (κ3) is 2.52. The number of pyridine rings is 1. The van der Waals surface area contributed by atoms with Gasteiger partial charge in [0.1, 0.15) is 17.2 Å². The van der Waals surface area contributed by atoms with E-state index in [0.29, 0.717) is 28.7 Å². The van der Waals surface area contributed by atoms with Crippen molar-refractivity contribution in [1.82, 2.24) is 15.1 Å². The van der Waals surface area contributed by atoms with E-state index in [2.05, 4.69) is 19.6 Å². The molecule has 1 aromatic carbocycles. The van der Waals surface area contributed by atoms with Crippen LogP contribution in [-0.2, 0) is 0 Å². The van der Waals surface area contributed by atoms with Crippen LogP contribution in [0.1, 0.15) is 0 Å². The number of rotatable bonds is 3. The number of ether oxygens (including phenoxy) is 1. The Morgan fingerprint density at radius 3 is 2.74 bits per heavy atom. The molecular formula is C13H10N4O2. The molecular weight excluding hydrogens is 244 g/mol. The number of nitrogen functional groups attached to an aromatic ring is 1. The Balaban J connectivity index is 1.88. The highest BCUT2D eigenvalue weighted by Gasteiger charge is 2.06. The molecule has 3 aromatic rings. The maximum Gasteiger partial charge on any atom is 0.220 e. The van der Waals surface area contributed by atoms with E-state index in [4.69, 9.17) is 10.5 Å². The molecule has 19 heavy (non-hydrogen) atoms. The summed E-state index contributed by atoms with van der Waals surface area (Å²) in [7, 11) is 0. The number of benzene rings is 1. The lowest BCUT2D eigenvalue weighted by molar-refractivity contribution is 0.418. The molecule has 0 spiro atoms. The lowest BCUT2D eigenvalue weighted by Crippen LogP contribution is -1.90. The summed E-state index contributed by atoms with van der Waals surface area (Å²) in [4.78, 5) is 8.08. The van der Waals surface area contributed by atoms with Crippen molar-refractivity contribution in [2.45, 2.75) is 0 Å². The van der Waals surface area contributed by atoms with Gasteiger partial charge in [-0.3, -0.25) is 4.98 Å². The largest absolute Gasteiger partial charge is 0.457 e. The molecule has 0 unspecified atom stereocenters. The van der Waals surface area contributed by atoms with Crippen molar-refractivity contribution in [3.63, 3.8) is 0 Å². The molecule has 0 atom stereocenters. The van der Waals surface area contributed by atoms with Gasteiger partial charge in [-0.2, -0.15) is 4.98 Å². The summed E-state index contributed by atoms with van der Waals surface area (Å²) in [6, 6.07) is 10.7. The fraction of sp³-hybridized carbons (Fsp3) is 0. The molecule has 0 aliphatic heterocycles. The second-order valence-corrected chi connectivity index (χ2v) is 3.81. The maximum atomic E-state index is 5.69.